The van der Waals surface area contributed by atoms with Gasteiger partial charge in [-0.3, -0.25) is 9.36 Å². The molecule has 1 saturated carbocycles. The molecule has 9 nitrogen and oxygen atoms in total. The fourth-order valence-corrected chi connectivity index (χ4v) is 7.12. The second kappa shape index (κ2) is 11.3. The summed E-state index contributed by atoms with van der Waals surface area (Å²) in [5, 5.41) is 15.7. The number of likely N-dealkylation sites (tertiary alicyclic amines) is 1. The largest absolute Gasteiger partial charge is 0.497 e. The number of ether oxygens (including phenoxy) is 1. The Morgan fingerprint density at radius 3 is 2.63 bits per heavy atom. The third kappa shape index (κ3) is 5.24. The topological polar surface area (TPSA) is 99.9 Å². The van der Waals surface area contributed by atoms with Gasteiger partial charge < -0.3 is 25.0 Å². The van der Waals surface area contributed by atoms with Crippen LogP contribution in [0.5, 0.6) is 5.75 Å². The van der Waals surface area contributed by atoms with Crippen molar-refractivity contribution < 1.29 is 14.6 Å². The van der Waals surface area contributed by atoms with Gasteiger partial charge in [-0.25, -0.2) is 9.78 Å². The molecule has 0 radical (unpaired) electrons. The number of carbonyl (C=O) groups is 1. The van der Waals surface area contributed by atoms with E-state index in [-0.39, 0.29) is 24.2 Å². The summed E-state index contributed by atoms with van der Waals surface area (Å²) in [5.74, 6) is 0.697. The van der Waals surface area contributed by atoms with Crippen molar-refractivity contribution >= 4 is 6.03 Å². The quantitative estimate of drug-likeness (QED) is 0.497. The average molecular weight is 558 g/mol. The van der Waals surface area contributed by atoms with Gasteiger partial charge in [0, 0.05) is 49.8 Å². The van der Waals surface area contributed by atoms with Crippen LogP contribution in [0.1, 0.15) is 43.7 Å². The van der Waals surface area contributed by atoms with Gasteiger partial charge in [-0.1, -0.05) is 55.3 Å². The lowest BCUT2D eigenvalue weighted by atomic mass is 9.66. The SMILES string of the molecule is COc1cccc(-c2cc(=O)n(C[C@]3(O)CCN(C(=O)N4CCNC[C@H]4c4ccccc4)CC34CCCC4)cn2)c1. The molecular weight excluding hydrogens is 518 g/mol. The Labute approximate surface area is 240 Å². The predicted molar refractivity (Wildman–Crippen MR) is 157 cm³/mol. The Bertz CT molecular complexity index is 1440. The predicted octanol–water partition coefficient (Wildman–Crippen LogP) is 3.68. The molecule has 0 bridgehead atoms. The van der Waals surface area contributed by atoms with Crippen LogP contribution in [0.25, 0.3) is 11.3 Å². The van der Waals surface area contributed by atoms with Crippen LogP contribution in [0.15, 0.2) is 71.8 Å². The van der Waals surface area contributed by atoms with Crippen LogP contribution in [0.4, 0.5) is 4.79 Å². The van der Waals surface area contributed by atoms with E-state index in [2.05, 4.69) is 22.4 Å². The van der Waals surface area contributed by atoms with E-state index < -0.39 is 11.0 Å². The maximum Gasteiger partial charge on any atom is 0.320 e. The monoisotopic (exact) mass is 557 g/mol. The minimum absolute atomic E-state index is 0.0227. The Hall–Kier alpha value is -3.69. The fourth-order valence-electron chi connectivity index (χ4n) is 7.12. The first-order valence-electron chi connectivity index (χ1n) is 14.7. The molecule has 1 spiro atoms. The number of rotatable bonds is 5. The van der Waals surface area contributed by atoms with Gasteiger partial charge in [0.2, 0.25) is 0 Å². The van der Waals surface area contributed by atoms with Crippen LogP contribution in [-0.4, -0.2) is 75.9 Å². The zero-order chi connectivity index (χ0) is 28.5. The standard InChI is InChI=1S/C32H39N5O4/c1-41-26-11-7-10-25(18-26)27-19-29(38)36(23-34-27)22-32(40)14-16-35(21-31(32)12-5-6-13-31)30(39)37-17-15-33-20-28(37)24-8-3-2-4-9-24/h2-4,7-11,18-19,23,28,33,40H,5-6,12-17,20-22H2,1H3/t28-,32+/m0/s1. The van der Waals surface area contributed by atoms with Gasteiger partial charge in [0.1, 0.15) is 5.75 Å². The number of nitrogens with one attached hydrogen (secondary N) is 1. The van der Waals surface area contributed by atoms with E-state index in [0.29, 0.717) is 37.5 Å². The summed E-state index contributed by atoms with van der Waals surface area (Å²) in [6, 6.07) is 19.2. The summed E-state index contributed by atoms with van der Waals surface area (Å²) in [5.41, 5.74) is 0.726. The Balaban J connectivity index is 1.22. The van der Waals surface area contributed by atoms with Crippen LogP contribution < -0.4 is 15.6 Å². The molecule has 3 aliphatic rings. The van der Waals surface area contributed by atoms with Crippen molar-refractivity contribution in [3.8, 4) is 17.0 Å². The minimum atomic E-state index is -1.11. The van der Waals surface area contributed by atoms with Crippen molar-refractivity contribution in [2.45, 2.75) is 50.3 Å². The van der Waals surface area contributed by atoms with Gasteiger partial charge in [-0.05, 0) is 37.0 Å². The lowest BCUT2D eigenvalue weighted by molar-refractivity contribution is -0.137. The van der Waals surface area contributed by atoms with Gasteiger partial charge in [-0.2, -0.15) is 0 Å². The van der Waals surface area contributed by atoms with Gasteiger partial charge >= 0.3 is 6.03 Å². The molecule has 2 aromatic carbocycles. The molecule has 2 amide bonds. The van der Waals surface area contributed by atoms with Gasteiger partial charge in [-0.15, -0.1) is 0 Å². The number of urea groups is 1. The maximum absolute atomic E-state index is 14.0. The molecule has 6 rings (SSSR count). The van der Waals surface area contributed by atoms with Gasteiger partial charge in [0.15, 0.2) is 0 Å². The summed E-state index contributed by atoms with van der Waals surface area (Å²) in [4.78, 5) is 35.7. The molecular formula is C32H39N5O4. The van der Waals surface area contributed by atoms with E-state index >= 15 is 0 Å². The van der Waals surface area contributed by atoms with Crippen LogP contribution in [-0.2, 0) is 6.54 Å². The smallest absolute Gasteiger partial charge is 0.320 e. The molecule has 2 aliphatic heterocycles. The molecule has 1 aromatic heterocycles. The number of hydrogen-bond donors (Lipinski definition) is 2. The Morgan fingerprint density at radius 1 is 1.07 bits per heavy atom. The molecule has 2 atom stereocenters. The number of piperidine rings is 1. The number of hydrogen-bond acceptors (Lipinski definition) is 6. The molecule has 3 aromatic rings. The van der Waals surface area contributed by atoms with Crippen LogP contribution in [0, 0.1) is 5.41 Å². The van der Waals surface area contributed by atoms with Crippen LogP contribution >= 0.6 is 0 Å². The van der Waals surface area contributed by atoms with E-state index in [4.69, 9.17) is 4.74 Å². The van der Waals surface area contributed by atoms with E-state index in [0.717, 1.165) is 49.9 Å². The molecule has 2 N–H and O–H groups in total. The molecule has 2 saturated heterocycles. The summed E-state index contributed by atoms with van der Waals surface area (Å²) in [6.07, 6.45) is 5.65. The van der Waals surface area contributed by atoms with E-state index in [9.17, 15) is 14.7 Å². The summed E-state index contributed by atoms with van der Waals surface area (Å²) >= 11 is 0. The van der Waals surface area contributed by atoms with Crippen LogP contribution in [0.3, 0.4) is 0 Å². The number of methoxy groups -OCH3 is 1. The first-order valence-corrected chi connectivity index (χ1v) is 14.7. The number of carbonyl (C=O) groups excluding carboxylic acids is 1. The normalized spacial score (nSPS) is 24.0. The minimum Gasteiger partial charge on any atom is -0.497 e. The number of piperazine rings is 1. The first-order chi connectivity index (χ1) is 19.9. The average Bonchev–Trinajstić information content (AvgIpc) is 3.50. The highest BCUT2D eigenvalue weighted by atomic mass is 16.5. The van der Waals surface area contributed by atoms with Crippen molar-refractivity contribution in [2.75, 3.05) is 39.8 Å². The number of aromatic nitrogens is 2. The number of amides is 2. The summed E-state index contributed by atoms with van der Waals surface area (Å²) < 4.78 is 6.84. The second-order valence-corrected chi connectivity index (χ2v) is 11.8. The molecule has 41 heavy (non-hydrogen) atoms. The van der Waals surface area contributed by atoms with Crippen molar-refractivity contribution in [1.82, 2.24) is 24.7 Å². The summed E-state index contributed by atoms with van der Waals surface area (Å²) in [7, 11) is 1.61. The van der Waals surface area contributed by atoms with E-state index in [1.807, 2.05) is 52.3 Å². The highest BCUT2D eigenvalue weighted by Gasteiger charge is 2.56. The van der Waals surface area contributed by atoms with Gasteiger partial charge in [0.25, 0.3) is 5.56 Å². The lowest BCUT2D eigenvalue weighted by Gasteiger charge is -2.53. The lowest BCUT2D eigenvalue weighted by Crippen LogP contribution is -2.64. The van der Waals surface area contributed by atoms with Crippen molar-refractivity contribution in [1.29, 1.82) is 0 Å². The molecule has 1 aliphatic carbocycles. The molecule has 216 valence electrons. The fraction of sp³-hybridized carbons (Fsp3) is 0.469. The highest BCUT2D eigenvalue weighted by Crippen LogP contribution is 2.51. The molecule has 9 heteroatoms. The van der Waals surface area contributed by atoms with Crippen molar-refractivity contribution in [3.63, 3.8) is 0 Å². The first kappa shape index (κ1) is 27.5. The Morgan fingerprint density at radius 2 is 1.88 bits per heavy atom. The number of benzene rings is 2. The second-order valence-electron chi connectivity index (χ2n) is 11.8. The molecule has 3 heterocycles. The van der Waals surface area contributed by atoms with Crippen molar-refractivity contribution in [3.05, 3.63) is 82.9 Å². The molecule has 0 unspecified atom stereocenters. The third-order valence-electron chi connectivity index (χ3n) is 9.46. The van der Waals surface area contributed by atoms with Gasteiger partial charge in [0.05, 0.1) is 37.3 Å². The number of nitrogens with zero attached hydrogens (tertiary/aromatic N) is 4. The van der Waals surface area contributed by atoms with Crippen LogP contribution in [0.2, 0.25) is 0 Å². The van der Waals surface area contributed by atoms with E-state index in [1.54, 1.807) is 13.4 Å². The zero-order valence-electron chi connectivity index (χ0n) is 23.7. The Kier molecular flexibility index (Phi) is 7.57. The summed E-state index contributed by atoms with van der Waals surface area (Å²) in [6.45, 7) is 3.25. The van der Waals surface area contributed by atoms with Crippen molar-refractivity contribution in [2.24, 2.45) is 5.41 Å². The maximum atomic E-state index is 14.0. The van der Waals surface area contributed by atoms with E-state index in [1.165, 1.54) is 10.6 Å². The number of aliphatic hydroxyl groups is 1. The molecule has 3 fully saturated rings. The zero-order valence-corrected chi connectivity index (χ0v) is 23.7. The third-order valence-corrected chi connectivity index (χ3v) is 9.46. The highest BCUT2D eigenvalue weighted by molar-refractivity contribution is 5.75.